The smallest absolute Gasteiger partial charge is 0.336 e. The van der Waals surface area contributed by atoms with Crippen LogP contribution < -0.4 is 10.1 Å². The number of rotatable bonds is 11. The van der Waals surface area contributed by atoms with Crippen molar-refractivity contribution < 1.29 is 19.0 Å². The van der Waals surface area contributed by atoms with Gasteiger partial charge in [-0.3, -0.25) is 0 Å². The van der Waals surface area contributed by atoms with Crippen LogP contribution >= 0.6 is 0 Å². The largest absolute Gasteiger partial charge is 0.460 e. The molecule has 0 amide bonds. The van der Waals surface area contributed by atoms with Crippen LogP contribution in [0.1, 0.15) is 27.7 Å². The minimum absolute atomic E-state index is 0.0891. The average Bonchev–Trinajstić information content (AvgIpc) is 3.15. The fraction of sp³-hybridized carbons (Fsp3) is 0.417. The summed E-state index contributed by atoms with van der Waals surface area (Å²) in [5, 5.41) is 17.7. The summed E-state index contributed by atoms with van der Waals surface area (Å²) in [5.74, 6) is 0.570. The van der Waals surface area contributed by atoms with Gasteiger partial charge in [0, 0.05) is 24.4 Å². The molecule has 0 aliphatic carbocycles. The second kappa shape index (κ2) is 11.1. The minimum Gasteiger partial charge on any atom is -0.460 e. The van der Waals surface area contributed by atoms with Gasteiger partial charge in [0.1, 0.15) is 5.82 Å². The van der Waals surface area contributed by atoms with Crippen LogP contribution in [-0.4, -0.2) is 51.8 Å². The van der Waals surface area contributed by atoms with E-state index in [1.165, 1.54) is 12.1 Å². The van der Waals surface area contributed by atoms with Gasteiger partial charge in [0.05, 0.1) is 24.5 Å². The van der Waals surface area contributed by atoms with E-state index >= 15 is 0 Å². The third-order valence-electron chi connectivity index (χ3n) is 4.43. The first-order valence-corrected chi connectivity index (χ1v) is 10.8. The van der Waals surface area contributed by atoms with Crippen LogP contribution in [0.25, 0.3) is 17.1 Å². The Morgan fingerprint density at radius 3 is 2.47 bits per heavy atom. The number of ether oxygens (including phenoxy) is 2. The highest BCUT2D eigenvalue weighted by atomic mass is 19.1. The average molecular weight is 443 g/mol. The van der Waals surface area contributed by atoms with Gasteiger partial charge >= 0.3 is 6.01 Å². The predicted octanol–water partition coefficient (Wildman–Crippen LogP) is 4.31. The lowest BCUT2D eigenvalue weighted by Crippen LogP contribution is -2.25. The van der Waals surface area contributed by atoms with Gasteiger partial charge in [-0.25, -0.2) is 9.07 Å². The van der Waals surface area contributed by atoms with Gasteiger partial charge in [-0.05, 0) is 56.2 Å². The molecule has 0 radical (unpaired) electrons. The standard InChI is InChI=1S/C24H31FN4O3/c1-16(2)14-31-15-22(30)13-26-20-8-10-21(11-9-20)29-23(18-6-5-7-19(25)12-18)27-24(28-29)32-17(3)4/h5-12,16-17,22,26,30H,13-15H2,1-4H3. The molecule has 3 rings (SSSR count). The number of aliphatic hydroxyl groups is 1. The number of hydrogen-bond acceptors (Lipinski definition) is 6. The van der Waals surface area contributed by atoms with Crippen molar-refractivity contribution in [2.24, 2.45) is 5.92 Å². The highest BCUT2D eigenvalue weighted by Crippen LogP contribution is 2.25. The fourth-order valence-corrected chi connectivity index (χ4v) is 3.00. The molecule has 0 fully saturated rings. The Kier molecular flexibility index (Phi) is 8.19. The van der Waals surface area contributed by atoms with Gasteiger partial charge in [-0.15, -0.1) is 5.10 Å². The first-order chi connectivity index (χ1) is 15.3. The Bertz CT molecular complexity index is 989. The van der Waals surface area contributed by atoms with E-state index in [0.29, 0.717) is 30.5 Å². The maximum atomic E-state index is 13.8. The molecule has 0 saturated carbocycles. The van der Waals surface area contributed by atoms with Crippen molar-refractivity contribution in [2.75, 3.05) is 25.1 Å². The van der Waals surface area contributed by atoms with Crippen LogP contribution in [0.5, 0.6) is 6.01 Å². The monoisotopic (exact) mass is 442 g/mol. The van der Waals surface area contributed by atoms with Gasteiger partial charge in [-0.2, -0.15) is 4.98 Å². The van der Waals surface area contributed by atoms with Crippen molar-refractivity contribution in [3.8, 4) is 23.1 Å². The van der Waals surface area contributed by atoms with Gasteiger partial charge in [0.15, 0.2) is 5.82 Å². The summed E-state index contributed by atoms with van der Waals surface area (Å²) in [5.41, 5.74) is 2.20. The number of anilines is 1. The van der Waals surface area contributed by atoms with Crippen molar-refractivity contribution in [2.45, 2.75) is 39.9 Å². The molecular formula is C24H31FN4O3. The van der Waals surface area contributed by atoms with Crippen molar-refractivity contribution in [3.05, 3.63) is 54.3 Å². The molecule has 0 spiro atoms. The van der Waals surface area contributed by atoms with E-state index in [-0.39, 0.29) is 24.5 Å². The van der Waals surface area contributed by atoms with Crippen molar-refractivity contribution >= 4 is 5.69 Å². The fourth-order valence-electron chi connectivity index (χ4n) is 3.00. The topological polar surface area (TPSA) is 81.4 Å². The Balaban J connectivity index is 1.74. The molecule has 0 bridgehead atoms. The zero-order valence-corrected chi connectivity index (χ0v) is 19.0. The number of hydrogen-bond donors (Lipinski definition) is 2. The molecule has 172 valence electrons. The zero-order chi connectivity index (χ0) is 23.1. The minimum atomic E-state index is -0.598. The lowest BCUT2D eigenvalue weighted by atomic mass is 10.2. The maximum absolute atomic E-state index is 13.8. The molecule has 32 heavy (non-hydrogen) atoms. The van der Waals surface area contributed by atoms with Crippen LogP contribution in [-0.2, 0) is 4.74 Å². The first kappa shape index (κ1) is 23.7. The molecule has 2 aromatic carbocycles. The molecule has 0 aliphatic rings. The maximum Gasteiger partial charge on any atom is 0.336 e. The third kappa shape index (κ3) is 6.77. The van der Waals surface area contributed by atoms with Gasteiger partial charge in [0.2, 0.25) is 0 Å². The summed E-state index contributed by atoms with van der Waals surface area (Å²) < 4.78 is 26.6. The molecular weight excluding hydrogens is 411 g/mol. The van der Waals surface area contributed by atoms with Crippen molar-refractivity contribution in [1.29, 1.82) is 0 Å². The van der Waals surface area contributed by atoms with E-state index in [1.54, 1.807) is 16.8 Å². The van der Waals surface area contributed by atoms with E-state index in [9.17, 15) is 9.50 Å². The van der Waals surface area contributed by atoms with E-state index in [2.05, 4.69) is 29.2 Å². The van der Waals surface area contributed by atoms with Crippen LogP contribution in [0.2, 0.25) is 0 Å². The molecule has 1 unspecified atom stereocenters. The molecule has 0 saturated heterocycles. The second-order valence-corrected chi connectivity index (χ2v) is 8.32. The normalized spacial score (nSPS) is 12.4. The summed E-state index contributed by atoms with van der Waals surface area (Å²) >= 11 is 0. The van der Waals surface area contributed by atoms with E-state index in [4.69, 9.17) is 9.47 Å². The SMILES string of the molecule is CC(C)COCC(O)CNc1ccc(-n2nc(OC(C)C)nc2-c2cccc(F)c2)cc1. The molecule has 1 aromatic heterocycles. The molecule has 7 nitrogen and oxygen atoms in total. The number of nitrogens with one attached hydrogen (secondary N) is 1. The number of nitrogens with zero attached hydrogens (tertiary/aromatic N) is 3. The van der Waals surface area contributed by atoms with Gasteiger partial charge < -0.3 is 19.9 Å². The molecule has 8 heteroatoms. The van der Waals surface area contributed by atoms with E-state index < -0.39 is 6.10 Å². The van der Waals surface area contributed by atoms with Gasteiger partial charge in [0.25, 0.3) is 0 Å². The lowest BCUT2D eigenvalue weighted by molar-refractivity contribution is 0.0318. The van der Waals surface area contributed by atoms with Gasteiger partial charge in [-0.1, -0.05) is 26.0 Å². The highest BCUT2D eigenvalue weighted by Gasteiger charge is 2.16. The molecule has 0 aliphatic heterocycles. The molecule has 2 N–H and O–H groups in total. The predicted molar refractivity (Wildman–Crippen MR) is 123 cm³/mol. The van der Waals surface area contributed by atoms with Crippen LogP contribution in [0.4, 0.5) is 10.1 Å². The quantitative estimate of drug-likeness (QED) is 0.461. The summed E-state index contributed by atoms with van der Waals surface area (Å²) in [6, 6.07) is 14.0. The summed E-state index contributed by atoms with van der Waals surface area (Å²) in [4.78, 5) is 4.46. The van der Waals surface area contributed by atoms with Crippen LogP contribution in [0.15, 0.2) is 48.5 Å². The van der Waals surface area contributed by atoms with E-state index in [1.807, 2.05) is 38.1 Å². The number of benzene rings is 2. The first-order valence-electron chi connectivity index (χ1n) is 10.8. The Morgan fingerprint density at radius 1 is 1.06 bits per heavy atom. The third-order valence-corrected chi connectivity index (χ3v) is 4.43. The zero-order valence-electron chi connectivity index (χ0n) is 19.0. The second-order valence-electron chi connectivity index (χ2n) is 8.32. The molecule has 3 aromatic rings. The number of halogens is 1. The Hall–Kier alpha value is -2.97. The van der Waals surface area contributed by atoms with Crippen LogP contribution in [0, 0.1) is 11.7 Å². The molecule has 1 atom stereocenters. The summed E-state index contributed by atoms with van der Waals surface area (Å²) in [6.45, 7) is 9.22. The van der Waals surface area contributed by atoms with Crippen LogP contribution in [0.3, 0.4) is 0 Å². The summed E-state index contributed by atoms with van der Waals surface area (Å²) in [6.07, 6.45) is -0.687. The lowest BCUT2D eigenvalue weighted by Gasteiger charge is -2.14. The van der Waals surface area contributed by atoms with Crippen molar-refractivity contribution in [1.82, 2.24) is 14.8 Å². The highest BCUT2D eigenvalue weighted by molar-refractivity contribution is 5.59. The number of aliphatic hydroxyl groups excluding tert-OH is 1. The Morgan fingerprint density at radius 2 is 1.81 bits per heavy atom. The number of aromatic nitrogens is 3. The van der Waals surface area contributed by atoms with E-state index in [0.717, 1.165) is 11.4 Å². The van der Waals surface area contributed by atoms with Crippen molar-refractivity contribution in [3.63, 3.8) is 0 Å². The summed E-state index contributed by atoms with van der Waals surface area (Å²) in [7, 11) is 0. The molecule has 1 heterocycles. The Labute approximate surface area is 188 Å².